The summed E-state index contributed by atoms with van der Waals surface area (Å²) in [7, 11) is 0. The van der Waals surface area contributed by atoms with Crippen molar-refractivity contribution >= 4 is 17.9 Å². The zero-order valence-corrected chi connectivity index (χ0v) is 14.6. The molecule has 124 valence electrons. The molecule has 1 nitrogen and oxygen atoms in total. The van der Waals surface area contributed by atoms with E-state index in [9.17, 15) is 4.79 Å². The number of carbonyl (C=O) groups is 1. The summed E-state index contributed by atoms with van der Waals surface area (Å²) < 4.78 is 0. The lowest BCUT2D eigenvalue weighted by Gasteiger charge is -2.18. The van der Waals surface area contributed by atoms with Crippen LogP contribution in [0.5, 0.6) is 0 Å². The van der Waals surface area contributed by atoms with Gasteiger partial charge < -0.3 is 4.79 Å². The molecule has 0 N–H and O–H groups in total. The fourth-order valence-corrected chi connectivity index (χ4v) is 3.17. The molecule has 2 aromatic carbocycles. The first kappa shape index (κ1) is 16.9. The van der Waals surface area contributed by atoms with Gasteiger partial charge in [0.25, 0.3) is 0 Å². The molecular weight excluding hydrogens is 304 g/mol. The van der Waals surface area contributed by atoms with E-state index in [-0.39, 0.29) is 5.92 Å². The maximum Gasteiger partial charge on any atom is 0.131 e. The van der Waals surface area contributed by atoms with Gasteiger partial charge >= 0.3 is 0 Å². The number of allylic oxidation sites excluding steroid dienone is 7. The van der Waals surface area contributed by atoms with Crippen LogP contribution >= 0.6 is 0 Å². The highest BCUT2D eigenvalue weighted by Gasteiger charge is 2.21. The average Bonchev–Trinajstić information content (AvgIpc) is 3.12. The van der Waals surface area contributed by atoms with Gasteiger partial charge in [-0.15, -0.1) is 0 Å². The van der Waals surface area contributed by atoms with Gasteiger partial charge in [0, 0.05) is 0 Å². The smallest absolute Gasteiger partial charge is 0.131 e. The topological polar surface area (TPSA) is 17.1 Å². The largest absolute Gasteiger partial charge is 0.302 e. The van der Waals surface area contributed by atoms with Crippen LogP contribution in [-0.4, -0.2) is 6.29 Å². The summed E-state index contributed by atoms with van der Waals surface area (Å²) in [6.45, 7) is 4.27. The Morgan fingerprint density at radius 1 is 0.920 bits per heavy atom. The molecule has 3 rings (SSSR count). The summed E-state index contributed by atoms with van der Waals surface area (Å²) >= 11 is 0. The first-order valence-electron chi connectivity index (χ1n) is 8.55. The van der Waals surface area contributed by atoms with E-state index >= 15 is 0 Å². The lowest BCUT2D eigenvalue weighted by molar-refractivity contribution is -0.109. The Bertz CT molecular complexity index is 865. The van der Waals surface area contributed by atoms with Crippen LogP contribution in [0.2, 0.25) is 0 Å². The van der Waals surface area contributed by atoms with Gasteiger partial charge in [0.2, 0.25) is 0 Å². The van der Waals surface area contributed by atoms with Crippen molar-refractivity contribution in [1.82, 2.24) is 0 Å². The zero-order chi connectivity index (χ0) is 17.6. The van der Waals surface area contributed by atoms with E-state index in [1.54, 1.807) is 0 Å². The van der Waals surface area contributed by atoms with Gasteiger partial charge in [-0.25, -0.2) is 0 Å². The highest BCUT2D eigenvalue weighted by molar-refractivity contribution is 5.90. The van der Waals surface area contributed by atoms with Crippen LogP contribution in [0.3, 0.4) is 0 Å². The molecule has 0 saturated carbocycles. The second-order valence-corrected chi connectivity index (χ2v) is 6.27. The minimum absolute atomic E-state index is 0.172. The maximum absolute atomic E-state index is 11.5. The van der Waals surface area contributed by atoms with E-state index in [2.05, 4.69) is 50.3 Å². The van der Waals surface area contributed by atoms with Gasteiger partial charge in [0.1, 0.15) is 6.29 Å². The third kappa shape index (κ3) is 3.77. The third-order valence-electron chi connectivity index (χ3n) is 4.60. The third-order valence-corrected chi connectivity index (χ3v) is 4.60. The molecule has 0 radical (unpaired) electrons. The molecule has 0 bridgehead atoms. The molecule has 1 aliphatic rings. The van der Waals surface area contributed by atoms with Crippen molar-refractivity contribution in [3.05, 3.63) is 107 Å². The highest BCUT2D eigenvalue weighted by atomic mass is 16.1. The van der Waals surface area contributed by atoms with Crippen molar-refractivity contribution in [1.29, 1.82) is 0 Å². The molecule has 25 heavy (non-hydrogen) atoms. The Hall–Kier alpha value is -2.93. The molecule has 0 fully saturated rings. The molecule has 0 heterocycles. The zero-order valence-electron chi connectivity index (χ0n) is 14.6. The SMILES string of the molecule is CC(=C(/C1=CC=CC1C=O)c1ccccc1)/C(C)=C/c1ccccc1. The second-order valence-electron chi connectivity index (χ2n) is 6.27. The van der Waals surface area contributed by atoms with Gasteiger partial charge in [0.05, 0.1) is 5.92 Å². The first-order chi connectivity index (χ1) is 12.2. The number of carbonyl (C=O) groups excluding carboxylic acids is 1. The van der Waals surface area contributed by atoms with Gasteiger partial charge in [-0.05, 0) is 47.3 Å². The molecule has 0 aliphatic heterocycles. The van der Waals surface area contributed by atoms with Crippen LogP contribution in [-0.2, 0) is 4.79 Å². The van der Waals surface area contributed by atoms with Gasteiger partial charge in [-0.3, -0.25) is 0 Å². The lowest BCUT2D eigenvalue weighted by atomic mass is 9.85. The molecule has 1 heteroatoms. The van der Waals surface area contributed by atoms with Crippen molar-refractivity contribution in [2.24, 2.45) is 5.92 Å². The summed E-state index contributed by atoms with van der Waals surface area (Å²) in [4.78, 5) is 11.5. The lowest BCUT2D eigenvalue weighted by Crippen LogP contribution is -2.04. The fourth-order valence-electron chi connectivity index (χ4n) is 3.17. The second kappa shape index (κ2) is 7.76. The summed E-state index contributed by atoms with van der Waals surface area (Å²) in [5.41, 5.74) is 6.92. The number of benzene rings is 2. The normalized spacial score (nSPS) is 17.9. The van der Waals surface area contributed by atoms with Crippen LogP contribution < -0.4 is 0 Å². The van der Waals surface area contributed by atoms with E-state index < -0.39 is 0 Å². The van der Waals surface area contributed by atoms with E-state index in [0.29, 0.717) is 0 Å². The van der Waals surface area contributed by atoms with E-state index in [1.165, 1.54) is 16.7 Å². The Kier molecular flexibility index (Phi) is 5.25. The summed E-state index contributed by atoms with van der Waals surface area (Å²) in [6, 6.07) is 20.6. The van der Waals surface area contributed by atoms with E-state index in [0.717, 1.165) is 23.0 Å². The van der Waals surface area contributed by atoms with Crippen LogP contribution in [0, 0.1) is 5.92 Å². The number of aldehydes is 1. The van der Waals surface area contributed by atoms with Crippen LogP contribution in [0.25, 0.3) is 11.6 Å². The Morgan fingerprint density at radius 2 is 1.56 bits per heavy atom. The standard InChI is InChI=1S/C24H22O/c1-18(16-20-10-5-3-6-11-20)19(2)24(21-12-7-4-8-13-21)23-15-9-14-22(23)17-25/h3-17,22H,1-2H3/b18-16+,24-19-. The maximum atomic E-state index is 11.5. The summed E-state index contributed by atoms with van der Waals surface area (Å²) in [5, 5.41) is 0. The molecule has 0 aromatic heterocycles. The summed E-state index contributed by atoms with van der Waals surface area (Å²) in [6.07, 6.45) is 9.19. The quantitative estimate of drug-likeness (QED) is 0.496. The molecule has 0 saturated heterocycles. The van der Waals surface area contributed by atoms with Gasteiger partial charge in [-0.2, -0.15) is 0 Å². The van der Waals surface area contributed by atoms with Crippen molar-refractivity contribution in [3.8, 4) is 0 Å². The van der Waals surface area contributed by atoms with Crippen molar-refractivity contribution in [2.75, 3.05) is 0 Å². The molecule has 1 atom stereocenters. The molecule has 1 unspecified atom stereocenters. The molecule has 2 aromatic rings. The minimum atomic E-state index is -0.172. The number of hydrogen-bond acceptors (Lipinski definition) is 1. The van der Waals surface area contributed by atoms with Crippen molar-refractivity contribution < 1.29 is 4.79 Å². The summed E-state index contributed by atoms with van der Waals surface area (Å²) in [5.74, 6) is -0.172. The van der Waals surface area contributed by atoms with Crippen molar-refractivity contribution in [2.45, 2.75) is 13.8 Å². The van der Waals surface area contributed by atoms with Gasteiger partial charge in [0.15, 0.2) is 0 Å². The Balaban J connectivity index is 2.11. The molecular formula is C24H22O. The number of hydrogen-bond donors (Lipinski definition) is 0. The predicted octanol–water partition coefficient (Wildman–Crippen LogP) is 5.87. The minimum Gasteiger partial charge on any atom is -0.302 e. The van der Waals surface area contributed by atoms with Crippen molar-refractivity contribution in [3.63, 3.8) is 0 Å². The first-order valence-corrected chi connectivity index (χ1v) is 8.55. The Morgan fingerprint density at radius 3 is 2.20 bits per heavy atom. The molecule has 0 spiro atoms. The highest BCUT2D eigenvalue weighted by Crippen LogP contribution is 2.36. The molecule has 1 aliphatic carbocycles. The monoisotopic (exact) mass is 326 g/mol. The van der Waals surface area contributed by atoms with E-state index in [4.69, 9.17) is 0 Å². The number of rotatable bonds is 5. The van der Waals surface area contributed by atoms with Gasteiger partial charge in [-0.1, -0.05) is 85.0 Å². The Labute approximate surface area is 149 Å². The van der Waals surface area contributed by atoms with Crippen LogP contribution in [0.1, 0.15) is 25.0 Å². The van der Waals surface area contributed by atoms with E-state index in [1.807, 2.05) is 48.6 Å². The fraction of sp³-hybridized carbons (Fsp3) is 0.125. The van der Waals surface area contributed by atoms with Crippen LogP contribution in [0.4, 0.5) is 0 Å². The predicted molar refractivity (Wildman–Crippen MR) is 106 cm³/mol. The molecule has 0 amide bonds. The van der Waals surface area contributed by atoms with Crippen LogP contribution in [0.15, 0.2) is 95.6 Å². The average molecular weight is 326 g/mol.